The summed E-state index contributed by atoms with van der Waals surface area (Å²) >= 11 is 1.36. The van der Waals surface area contributed by atoms with E-state index < -0.39 is 0 Å². The fourth-order valence-corrected chi connectivity index (χ4v) is 5.61. The molecule has 172 valence electrons. The number of rotatable bonds is 9. The molecular formula is C25H29N5O2S. The van der Waals surface area contributed by atoms with E-state index in [-0.39, 0.29) is 16.9 Å². The predicted molar refractivity (Wildman–Crippen MR) is 136 cm³/mol. The van der Waals surface area contributed by atoms with Crippen molar-refractivity contribution in [3.05, 3.63) is 51.8 Å². The van der Waals surface area contributed by atoms with Crippen LogP contribution in [0.15, 0.2) is 30.2 Å². The number of amides is 1. The molecule has 1 amide bonds. The zero-order chi connectivity index (χ0) is 22.9. The SMILES string of the molecule is C=Cc1sc2c(C(=O)NCCN3CCCC3)c(=O)c3cc(NCC4CC4)cnc3n2c1C=C. The number of thiazole rings is 1. The number of pyridine rings is 2. The Kier molecular flexibility index (Phi) is 6.03. The average Bonchev–Trinajstić information content (AvgIpc) is 3.36. The highest BCUT2D eigenvalue weighted by molar-refractivity contribution is 7.18. The first kappa shape index (κ1) is 21.9. The van der Waals surface area contributed by atoms with Crippen LogP contribution in [0, 0.1) is 5.92 Å². The summed E-state index contributed by atoms with van der Waals surface area (Å²) in [5, 5.41) is 6.78. The lowest BCUT2D eigenvalue weighted by molar-refractivity contribution is 0.0950. The second-order valence-corrected chi connectivity index (χ2v) is 9.86. The van der Waals surface area contributed by atoms with Crippen LogP contribution in [0.3, 0.4) is 0 Å². The van der Waals surface area contributed by atoms with Crippen molar-refractivity contribution >= 4 is 50.9 Å². The van der Waals surface area contributed by atoms with Crippen LogP contribution in [-0.2, 0) is 0 Å². The number of nitrogens with zero attached hydrogens (tertiary/aromatic N) is 3. The number of carbonyl (C=O) groups is 1. The van der Waals surface area contributed by atoms with E-state index in [4.69, 9.17) is 0 Å². The summed E-state index contributed by atoms with van der Waals surface area (Å²) in [6.07, 6.45) is 10.1. The molecule has 0 atom stereocenters. The second kappa shape index (κ2) is 9.11. The standard InChI is InChI=1S/C25H29N5O2S/c1-3-19-20(4-2)33-25-21(24(32)26-9-12-29-10-5-6-11-29)22(31)18-13-17(27-14-16-7-8-16)15-28-23(18)30(19)25/h3-4,13,15-16,27H,1-2,5-12,14H2,(H,26,32). The van der Waals surface area contributed by atoms with Gasteiger partial charge < -0.3 is 15.5 Å². The molecule has 3 aromatic rings. The Labute approximate surface area is 196 Å². The predicted octanol–water partition coefficient (Wildman–Crippen LogP) is 3.84. The third-order valence-corrected chi connectivity index (χ3v) is 7.65. The Bertz CT molecular complexity index is 1300. The Balaban J connectivity index is 1.58. The summed E-state index contributed by atoms with van der Waals surface area (Å²) in [7, 11) is 0. The molecule has 8 heteroatoms. The highest BCUT2D eigenvalue weighted by atomic mass is 32.1. The van der Waals surface area contributed by atoms with E-state index in [1.54, 1.807) is 18.3 Å². The van der Waals surface area contributed by atoms with Crippen molar-refractivity contribution in [3.63, 3.8) is 0 Å². The van der Waals surface area contributed by atoms with Crippen LogP contribution in [0.4, 0.5) is 5.69 Å². The molecule has 2 fully saturated rings. The molecular weight excluding hydrogens is 434 g/mol. The molecule has 1 aliphatic heterocycles. The summed E-state index contributed by atoms with van der Waals surface area (Å²) < 4.78 is 1.87. The van der Waals surface area contributed by atoms with Crippen molar-refractivity contribution in [1.29, 1.82) is 0 Å². The fraction of sp³-hybridized carbons (Fsp3) is 0.400. The van der Waals surface area contributed by atoms with E-state index in [2.05, 4.69) is 33.7 Å². The molecule has 4 heterocycles. The van der Waals surface area contributed by atoms with Gasteiger partial charge in [-0.25, -0.2) is 4.98 Å². The van der Waals surface area contributed by atoms with Crippen molar-refractivity contribution < 1.29 is 4.79 Å². The van der Waals surface area contributed by atoms with Crippen LogP contribution in [0.2, 0.25) is 0 Å². The van der Waals surface area contributed by atoms with Crippen LogP contribution in [-0.4, -0.2) is 52.9 Å². The van der Waals surface area contributed by atoms with Crippen molar-refractivity contribution in [1.82, 2.24) is 19.6 Å². The maximum Gasteiger partial charge on any atom is 0.258 e. The molecule has 2 aliphatic rings. The highest BCUT2D eigenvalue weighted by Gasteiger charge is 2.24. The lowest BCUT2D eigenvalue weighted by Crippen LogP contribution is -2.35. The molecule has 1 saturated carbocycles. The minimum absolute atomic E-state index is 0.159. The van der Waals surface area contributed by atoms with E-state index in [1.807, 2.05) is 10.5 Å². The molecule has 2 N–H and O–H groups in total. The topological polar surface area (TPSA) is 78.7 Å². The molecule has 33 heavy (non-hydrogen) atoms. The van der Waals surface area contributed by atoms with Gasteiger partial charge in [0.25, 0.3) is 5.91 Å². The minimum atomic E-state index is -0.345. The van der Waals surface area contributed by atoms with Gasteiger partial charge in [-0.3, -0.25) is 14.0 Å². The number of carbonyl (C=O) groups excluding carboxylic acids is 1. The van der Waals surface area contributed by atoms with Crippen molar-refractivity contribution in [2.75, 3.05) is 38.0 Å². The number of hydrogen-bond donors (Lipinski definition) is 2. The van der Waals surface area contributed by atoms with Crippen LogP contribution in [0.5, 0.6) is 0 Å². The van der Waals surface area contributed by atoms with Crippen molar-refractivity contribution in [3.8, 4) is 0 Å². The summed E-state index contributed by atoms with van der Waals surface area (Å²) in [6.45, 7) is 12.2. The zero-order valence-electron chi connectivity index (χ0n) is 18.7. The molecule has 1 saturated heterocycles. The normalized spacial score (nSPS) is 16.4. The first-order valence-corrected chi connectivity index (χ1v) is 12.4. The van der Waals surface area contributed by atoms with E-state index in [0.717, 1.165) is 42.4 Å². The Morgan fingerprint density at radius 1 is 1.24 bits per heavy atom. The fourth-order valence-electron chi connectivity index (χ4n) is 4.47. The maximum absolute atomic E-state index is 13.6. The van der Waals surface area contributed by atoms with E-state index in [9.17, 15) is 9.59 Å². The number of hydrogen-bond acceptors (Lipinski definition) is 6. The number of fused-ring (bicyclic) bond motifs is 3. The minimum Gasteiger partial charge on any atom is -0.384 e. The molecule has 7 nitrogen and oxygen atoms in total. The van der Waals surface area contributed by atoms with Gasteiger partial charge in [0, 0.05) is 19.6 Å². The Morgan fingerprint density at radius 3 is 2.73 bits per heavy atom. The number of anilines is 1. The molecule has 0 spiro atoms. The van der Waals surface area contributed by atoms with E-state index in [1.165, 1.54) is 37.0 Å². The summed E-state index contributed by atoms with van der Waals surface area (Å²) in [6, 6.07) is 1.82. The smallest absolute Gasteiger partial charge is 0.258 e. The van der Waals surface area contributed by atoms with E-state index >= 15 is 0 Å². The van der Waals surface area contributed by atoms with Gasteiger partial charge in [0.15, 0.2) is 0 Å². The molecule has 0 bridgehead atoms. The molecule has 3 aromatic heterocycles. The van der Waals surface area contributed by atoms with Crippen molar-refractivity contribution in [2.24, 2.45) is 5.92 Å². The quantitative estimate of drug-likeness (QED) is 0.504. The molecule has 0 unspecified atom stereocenters. The Morgan fingerprint density at radius 2 is 2.03 bits per heavy atom. The lowest BCUT2D eigenvalue weighted by atomic mass is 10.1. The Hall–Kier alpha value is -2.97. The maximum atomic E-state index is 13.6. The molecule has 0 aromatic carbocycles. The molecule has 1 aliphatic carbocycles. The van der Waals surface area contributed by atoms with Gasteiger partial charge in [-0.15, -0.1) is 11.3 Å². The van der Waals surface area contributed by atoms with Crippen LogP contribution >= 0.6 is 11.3 Å². The third kappa shape index (κ3) is 4.20. The number of nitrogens with one attached hydrogen (secondary N) is 2. The van der Waals surface area contributed by atoms with Crippen molar-refractivity contribution in [2.45, 2.75) is 25.7 Å². The van der Waals surface area contributed by atoms with Gasteiger partial charge in [-0.05, 0) is 62.9 Å². The lowest BCUT2D eigenvalue weighted by Gasteiger charge is -2.15. The zero-order valence-corrected chi connectivity index (χ0v) is 19.5. The van der Waals surface area contributed by atoms with Gasteiger partial charge in [0.2, 0.25) is 5.43 Å². The highest BCUT2D eigenvalue weighted by Crippen LogP contribution is 2.32. The van der Waals surface area contributed by atoms with Gasteiger partial charge in [-0.2, -0.15) is 0 Å². The van der Waals surface area contributed by atoms with Crippen LogP contribution in [0.25, 0.3) is 28.0 Å². The summed E-state index contributed by atoms with van der Waals surface area (Å²) in [4.78, 5) is 35.3. The van der Waals surface area contributed by atoms with Crippen LogP contribution in [0.1, 0.15) is 46.6 Å². The third-order valence-electron chi connectivity index (χ3n) is 6.48. The van der Waals surface area contributed by atoms with Crippen LogP contribution < -0.4 is 16.1 Å². The largest absolute Gasteiger partial charge is 0.384 e. The first-order chi connectivity index (χ1) is 16.1. The van der Waals surface area contributed by atoms with Gasteiger partial charge in [-0.1, -0.05) is 13.2 Å². The monoisotopic (exact) mass is 463 g/mol. The second-order valence-electron chi connectivity index (χ2n) is 8.83. The van der Waals surface area contributed by atoms with Gasteiger partial charge in [0.05, 0.1) is 27.8 Å². The molecule has 0 radical (unpaired) electrons. The average molecular weight is 464 g/mol. The van der Waals surface area contributed by atoms with Gasteiger partial charge >= 0.3 is 0 Å². The summed E-state index contributed by atoms with van der Waals surface area (Å²) in [5.74, 6) is 0.350. The van der Waals surface area contributed by atoms with E-state index in [0.29, 0.717) is 28.3 Å². The number of aromatic nitrogens is 2. The summed E-state index contributed by atoms with van der Waals surface area (Å²) in [5.41, 5.74) is 1.98. The molecule has 5 rings (SSSR count). The van der Waals surface area contributed by atoms with Gasteiger partial charge in [0.1, 0.15) is 16.0 Å². The first-order valence-electron chi connectivity index (χ1n) is 11.6. The number of likely N-dealkylation sites (tertiary alicyclic amines) is 1.